The second-order valence-electron chi connectivity index (χ2n) is 9.45. The van der Waals surface area contributed by atoms with Gasteiger partial charge in [0.15, 0.2) is 0 Å². The highest BCUT2D eigenvalue weighted by Crippen LogP contribution is 2.30. The van der Waals surface area contributed by atoms with E-state index in [4.69, 9.17) is 0 Å². The molecule has 0 bridgehead atoms. The van der Waals surface area contributed by atoms with Gasteiger partial charge in [0.2, 0.25) is 0 Å². The zero-order chi connectivity index (χ0) is 26.4. The van der Waals surface area contributed by atoms with Crippen molar-refractivity contribution in [1.29, 1.82) is 0 Å². The minimum atomic E-state index is -0.216. The highest BCUT2D eigenvalue weighted by atomic mass is 16.2. The van der Waals surface area contributed by atoms with Crippen LogP contribution in [-0.2, 0) is 0 Å². The lowest BCUT2D eigenvalue weighted by molar-refractivity contribution is 0.0712. The molecule has 1 fully saturated rings. The molecule has 3 aromatic rings. The molecule has 0 atom stereocenters. The van der Waals surface area contributed by atoms with Gasteiger partial charge in [0.05, 0.1) is 0 Å². The molecule has 6 nitrogen and oxygen atoms in total. The van der Waals surface area contributed by atoms with Gasteiger partial charge in [-0.3, -0.25) is 14.6 Å². The summed E-state index contributed by atoms with van der Waals surface area (Å²) in [6.07, 6.45) is 7.24. The summed E-state index contributed by atoms with van der Waals surface area (Å²) in [5.74, 6) is 0.207. The number of nitrogens with one attached hydrogen (secondary N) is 2. The predicted molar refractivity (Wildman–Crippen MR) is 150 cm³/mol. The van der Waals surface area contributed by atoms with E-state index >= 15 is 0 Å². The summed E-state index contributed by atoms with van der Waals surface area (Å²) >= 11 is 0. The third kappa shape index (κ3) is 6.15. The molecule has 1 aliphatic rings. The molecule has 6 heteroatoms. The topological polar surface area (TPSA) is 74.3 Å². The van der Waals surface area contributed by atoms with Crippen LogP contribution >= 0.6 is 0 Å². The quantitative estimate of drug-likeness (QED) is 0.412. The monoisotopic (exact) mass is 494 g/mol. The van der Waals surface area contributed by atoms with Gasteiger partial charge in [-0.2, -0.15) is 0 Å². The maximum atomic E-state index is 13.3. The number of aromatic nitrogens is 1. The lowest BCUT2D eigenvalue weighted by Crippen LogP contribution is -2.38. The van der Waals surface area contributed by atoms with Gasteiger partial charge in [-0.05, 0) is 79.1 Å². The van der Waals surface area contributed by atoms with Crippen molar-refractivity contribution in [3.05, 3.63) is 113 Å². The number of allylic oxidation sites excluding steroid dienone is 2. The van der Waals surface area contributed by atoms with E-state index in [0.29, 0.717) is 35.8 Å². The average molecular weight is 495 g/mol. The van der Waals surface area contributed by atoms with Crippen LogP contribution in [0.4, 0.5) is 5.69 Å². The largest absolute Gasteiger partial charge is 0.393 e. The molecule has 37 heavy (non-hydrogen) atoms. The van der Waals surface area contributed by atoms with Crippen LogP contribution in [0.5, 0.6) is 0 Å². The third-order valence-electron chi connectivity index (χ3n) is 6.91. The van der Waals surface area contributed by atoms with Gasteiger partial charge in [-0.25, -0.2) is 0 Å². The molecule has 0 saturated carbocycles. The van der Waals surface area contributed by atoms with Crippen molar-refractivity contribution in [2.75, 3.05) is 25.5 Å². The number of aryl methyl sites for hydroxylation is 2. The molecule has 0 spiro atoms. The molecule has 0 unspecified atom stereocenters. The maximum absolute atomic E-state index is 13.3. The van der Waals surface area contributed by atoms with Crippen molar-refractivity contribution in [1.82, 2.24) is 15.2 Å². The van der Waals surface area contributed by atoms with Gasteiger partial charge >= 0.3 is 0 Å². The third-order valence-corrected chi connectivity index (χ3v) is 6.91. The molecule has 2 heterocycles. The highest BCUT2D eigenvalue weighted by molar-refractivity contribution is 6.05. The number of likely N-dealkylation sites (tertiary alicyclic amines) is 1. The van der Waals surface area contributed by atoms with E-state index in [9.17, 15) is 9.59 Å². The van der Waals surface area contributed by atoms with Crippen molar-refractivity contribution in [2.45, 2.75) is 32.6 Å². The first kappa shape index (κ1) is 25.9. The number of hydrogen-bond donors (Lipinski definition) is 2. The molecule has 1 aromatic heterocycles. The van der Waals surface area contributed by atoms with Gasteiger partial charge in [0.25, 0.3) is 11.8 Å². The fourth-order valence-electron chi connectivity index (χ4n) is 4.73. The first-order valence-corrected chi connectivity index (χ1v) is 12.6. The fourth-order valence-corrected chi connectivity index (χ4v) is 4.73. The molecule has 0 radical (unpaired) electrons. The molecule has 2 N–H and O–H groups in total. The Labute approximate surface area is 219 Å². The number of pyridine rings is 1. The number of carbonyl (C=O) groups excluding carboxylic acids is 2. The van der Waals surface area contributed by atoms with Crippen molar-refractivity contribution in [2.24, 2.45) is 0 Å². The lowest BCUT2D eigenvalue weighted by atomic mass is 9.88. The Kier molecular flexibility index (Phi) is 8.18. The van der Waals surface area contributed by atoms with Gasteiger partial charge in [0.1, 0.15) is 0 Å². The Bertz CT molecular complexity index is 1320. The van der Waals surface area contributed by atoms with Crippen molar-refractivity contribution in [3.8, 4) is 0 Å². The number of piperidine rings is 1. The number of rotatable bonds is 7. The summed E-state index contributed by atoms with van der Waals surface area (Å²) in [7, 11) is 1.88. The van der Waals surface area contributed by atoms with Crippen LogP contribution in [-0.4, -0.2) is 41.8 Å². The Morgan fingerprint density at radius 3 is 2.32 bits per heavy atom. The van der Waals surface area contributed by atoms with E-state index in [1.165, 1.54) is 5.56 Å². The van der Waals surface area contributed by atoms with Gasteiger partial charge in [0, 0.05) is 55.0 Å². The summed E-state index contributed by atoms with van der Waals surface area (Å²) in [6, 6.07) is 17.6. The summed E-state index contributed by atoms with van der Waals surface area (Å²) in [5.41, 5.74) is 6.94. The second kappa shape index (κ2) is 11.7. The maximum Gasteiger partial charge on any atom is 0.255 e. The number of hydrogen-bond acceptors (Lipinski definition) is 4. The second-order valence-corrected chi connectivity index (χ2v) is 9.45. The van der Waals surface area contributed by atoms with E-state index in [2.05, 4.69) is 46.5 Å². The van der Waals surface area contributed by atoms with Gasteiger partial charge in [-0.1, -0.05) is 43.0 Å². The van der Waals surface area contributed by atoms with Crippen LogP contribution in [0.2, 0.25) is 0 Å². The SMILES string of the molecule is C=C/C(=C\NC)c1ccc(C2CCN(C(=O)c3ccc(C)c(NC(=O)c4ccnc(C)c4)c3)CC2)cc1. The number of carbonyl (C=O) groups is 2. The summed E-state index contributed by atoms with van der Waals surface area (Å²) in [6.45, 7) is 9.07. The fraction of sp³-hybridized carbons (Fsp3) is 0.258. The zero-order valence-corrected chi connectivity index (χ0v) is 21.8. The standard InChI is InChI=1S/C31H34N4O2/c1-5-23(20-32-4)24-8-10-25(11-9-24)26-13-16-35(17-14-26)31(37)28-7-6-21(2)29(19-28)34-30(36)27-12-15-33-22(3)18-27/h5-12,15,18-20,26,32H,1,13-14,16-17H2,2-4H3,(H,34,36)/b23-20+. The minimum Gasteiger partial charge on any atom is -0.393 e. The summed E-state index contributed by atoms with van der Waals surface area (Å²) < 4.78 is 0. The normalized spacial score (nSPS) is 14.2. The molecule has 2 amide bonds. The van der Waals surface area contributed by atoms with Crippen LogP contribution in [0, 0.1) is 13.8 Å². The Balaban J connectivity index is 1.40. The molecular formula is C31H34N4O2. The molecule has 4 rings (SSSR count). The summed E-state index contributed by atoms with van der Waals surface area (Å²) in [5, 5.41) is 6.01. The molecule has 2 aromatic carbocycles. The van der Waals surface area contributed by atoms with E-state index < -0.39 is 0 Å². The molecule has 1 saturated heterocycles. The van der Waals surface area contributed by atoms with Gasteiger partial charge in [-0.15, -0.1) is 0 Å². The van der Waals surface area contributed by atoms with Crippen molar-refractivity contribution in [3.63, 3.8) is 0 Å². The Morgan fingerprint density at radius 1 is 0.973 bits per heavy atom. The van der Waals surface area contributed by atoms with Gasteiger partial charge < -0.3 is 15.5 Å². The highest BCUT2D eigenvalue weighted by Gasteiger charge is 2.25. The number of anilines is 1. The zero-order valence-electron chi connectivity index (χ0n) is 21.8. The first-order valence-electron chi connectivity index (χ1n) is 12.6. The Hall–Kier alpha value is -4.19. The molecular weight excluding hydrogens is 460 g/mol. The van der Waals surface area contributed by atoms with E-state index in [1.54, 1.807) is 24.4 Å². The predicted octanol–water partition coefficient (Wildman–Crippen LogP) is 5.72. The number of benzene rings is 2. The molecule has 190 valence electrons. The van der Waals surface area contributed by atoms with E-state index in [0.717, 1.165) is 35.2 Å². The van der Waals surface area contributed by atoms with Crippen LogP contribution in [0.15, 0.2) is 79.6 Å². The smallest absolute Gasteiger partial charge is 0.255 e. The number of amides is 2. The van der Waals surface area contributed by atoms with Crippen LogP contribution in [0.1, 0.15) is 61.9 Å². The molecule has 0 aliphatic carbocycles. The van der Waals surface area contributed by atoms with Crippen LogP contribution in [0.3, 0.4) is 0 Å². The summed E-state index contributed by atoms with van der Waals surface area (Å²) in [4.78, 5) is 32.1. The average Bonchev–Trinajstić information content (AvgIpc) is 2.92. The van der Waals surface area contributed by atoms with Crippen molar-refractivity contribution < 1.29 is 9.59 Å². The lowest BCUT2D eigenvalue weighted by Gasteiger charge is -2.32. The minimum absolute atomic E-state index is 0.00289. The van der Waals surface area contributed by atoms with E-state index in [1.807, 2.05) is 50.2 Å². The number of nitrogens with zero attached hydrogens (tertiary/aromatic N) is 2. The molecule has 1 aliphatic heterocycles. The first-order chi connectivity index (χ1) is 17.9. The van der Waals surface area contributed by atoms with E-state index in [-0.39, 0.29) is 11.8 Å². The van der Waals surface area contributed by atoms with Crippen LogP contribution < -0.4 is 10.6 Å². The van der Waals surface area contributed by atoms with Crippen LogP contribution in [0.25, 0.3) is 5.57 Å². The van der Waals surface area contributed by atoms with Crippen molar-refractivity contribution >= 4 is 23.1 Å². The Morgan fingerprint density at radius 2 is 1.68 bits per heavy atom.